The van der Waals surface area contributed by atoms with Crippen LogP contribution in [-0.4, -0.2) is 17.2 Å². The molecule has 0 spiro atoms. The zero-order valence-corrected chi connectivity index (χ0v) is 10.9. The highest BCUT2D eigenvalue weighted by molar-refractivity contribution is 6.05. The number of aryl methyl sites for hydroxylation is 1. The van der Waals surface area contributed by atoms with Gasteiger partial charge in [-0.2, -0.15) is 0 Å². The van der Waals surface area contributed by atoms with Gasteiger partial charge in [0, 0.05) is 6.20 Å². The number of carbonyl (C=O) groups is 2. The van der Waals surface area contributed by atoms with Gasteiger partial charge in [-0.1, -0.05) is 24.3 Å². The van der Waals surface area contributed by atoms with E-state index in [-0.39, 0.29) is 5.78 Å². The first-order valence-corrected chi connectivity index (χ1v) is 6.04. The molecular weight excluding hydrogens is 254 g/mol. The lowest BCUT2D eigenvalue weighted by Gasteiger charge is -1.98. The Hall–Kier alpha value is -2.75. The monoisotopic (exact) mass is 267 g/mol. The molecule has 0 radical (unpaired) electrons. The van der Waals surface area contributed by atoms with Crippen molar-refractivity contribution in [1.29, 1.82) is 0 Å². The molecule has 0 amide bonds. The number of pyridine rings is 1. The lowest BCUT2D eigenvalue weighted by Crippen LogP contribution is -1.97. The van der Waals surface area contributed by atoms with Crippen molar-refractivity contribution in [3.05, 3.63) is 65.5 Å². The number of carbonyl (C=O) groups excluding carboxylic acids is 2. The molecule has 0 aliphatic heterocycles. The molecule has 4 nitrogen and oxygen atoms in total. The number of nitrogens with zero attached hydrogens (tertiary/aromatic N) is 1. The van der Waals surface area contributed by atoms with E-state index in [0.29, 0.717) is 17.9 Å². The van der Waals surface area contributed by atoms with E-state index in [1.54, 1.807) is 42.6 Å². The van der Waals surface area contributed by atoms with Gasteiger partial charge in [0.05, 0.1) is 0 Å². The third-order valence-electron chi connectivity index (χ3n) is 2.66. The third-order valence-corrected chi connectivity index (χ3v) is 2.66. The van der Waals surface area contributed by atoms with Crippen LogP contribution in [0.25, 0.3) is 6.08 Å². The fraction of sp³-hybridized carbons (Fsp3) is 0.0625. The Morgan fingerprint density at radius 3 is 2.50 bits per heavy atom. The molecule has 0 bridgehead atoms. The van der Waals surface area contributed by atoms with Crippen LogP contribution in [0.4, 0.5) is 0 Å². The van der Waals surface area contributed by atoms with Crippen molar-refractivity contribution in [2.75, 3.05) is 0 Å². The third kappa shape index (κ3) is 3.62. The molecule has 2 aromatic rings. The number of ketones is 1. The van der Waals surface area contributed by atoms with Gasteiger partial charge in [-0.15, -0.1) is 0 Å². The van der Waals surface area contributed by atoms with Crippen LogP contribution in [0, 0.1) is 6.92 Å². The van der Waals surface area contributed by atoms with E-state index < -0.39 is 0 Å². The van der Waals surface area contributed by atoms with Gasteiger partial charge in [-0.05, 0) is 42.3 Å². The summed E-state index contributed by atoms with van der Waals surface area (Å²) in [6.07, 6.45) is 4.81. The summed E-state index contributed by atoms with van der Waals surface area (Å²) in [5, 5.41) is 0. The molecule has 0 atom stereocenters. The van der Waals surface area contributed by atoms with Gasteiger partial charge in [0.25, 0.3) is 6.47 Å². The Labute approximate surface area is 116 Å². The quantitative estimate of drug-likeness (QED) is 0.475. The number of hydrogen-bond donors (Lipinski definition) is 0. The minimum atomic E-state index is -0.154. The SMILES string of the molecule is Cc1ccc(C(=O)/C=C/c2ccc(OC=O)cc2)nc1. The standard InChI is InChI=1S/C16H13NO3/c1-12-2-8-15(17-10-12)16(19)9-5-13-3-6-14(7-4-13)20-11-18/h2-11H,1H3/b9-5+. The maximum atomic E-state index is 11.9. The molecule has 0 aliphatic carbocycles. The topological polar surface area (TPSA) is 56.3 Å². The van der Waals surface area contributed by atoms with E-state index in [1.165, 1.54) is 6.08 Å². The number of benzene rings is 1. The van der Waals surface area contributed by atoms with Gasteiger partial charge >= 0.3 is 0 Å². The van der Waals surface area contributed by atoms with Gasteiger partial charge in [-0.25, -0.2) is 0 Å². The summed E-state index contributed by atoms with van der Waals surface area (Å²) in [5.41, 5.74) is 2.26. The Kier molecular flexibility index (Phi) is 4.39. The molecule has 2 rings (SSSR count). The number of aromatic nitrogens is 1. The zero-order valence-electron chi connectivity index (χ0n) is 10.9. The second-order valence-electron chi connectivity index (χ2n) is 4.20. The van der Waals surface area contributed by atoms with Gasteiger partial charge < -0.3 is 4.74 Å². The van der Waals surface area contributed by atoms with Crippen LogP contribution in [0.3, 0.4) is 0 Å². The van der Waals surface area contributed by atoms with E-state index in [1.807, 2.05) is 13.0 Å². The normalized spacial score (nSPS) is 10.4. The molecule has 0 aliphatic rings. The van der Waals surface area contributed by atoms with E-state index >= 15 is 0 Å². The van der Waals surface area contributed by atoms with Crippen LogP contribution in [-0.2, 0) is 4.79 Å². The Morgan fingerprint density at radius 1 is 1.15 bits per heavy atom. The number of ether oxygens (including phenoxy) is 1. The number of allylic oxidation sites excluding steroid dienone is 1. The number of rotatable bonds is 5. The average Bonchev–Trinajstić information content (AvgIpc) is 2.47. The summed E-state index contributed by atoms with van der Waals surface area (Å²) in [7, 11) is 0. The molecule has 20 heavy (non-hydrogen) atoms. The lowest BCUT2D eigenvalue weighted by atomic mass is 10.1. The van der Waals surface area contributed by atoms with Crippen LogP contribution in [0.2, 0.25) is 0 Å². The van der Waals surface area contributed by atoms with Crippen LogP contribution in [0.1, 0.15) is 21.6 Å². The minimum Gasteiger partial charge on any atom is -0.429 e. The average molecular weight is 267 g/mol. The first-order valence-electron chi connectivity index (χ1n) is 6.04. The molecule has 0 fully saturated rings. The fourth-order valence-corrected chi connectivity index (χ4v) is 1.58. The molecule has 0 unspecified atom stereocenters. The Morgan fingerprint density at radius 2 is 1.90 bits per heavy atom. The lowest BCUT2D eigenvalue weighted by molar-refractivity contribution is -0.120. The molecule has 4 heteroatoms. The van der Waals surface area contributed by atoms with Crippen LogP contribution >= 0.6 is 0 Å². The highest BCUT2D eigenvalue weighted by atomic mass is 16.5. The number of hydrogen-bond acceptors (Lipinski definition) is 4. The Balaban J connectivity index is 2.06. The van der Waals surface area contributed by atoms with Crippen molar-refractivity contribution in [3.8, 4) is 5.75 Å². The molecule has 0 saturated heterocycles. The van der Waals surface area contributed by atoms with Crippen molar-refractivity contribution in [3.63, 3.8) is 0 Å². The van der Waals surface area contributed by atoms with Crippen LogP contribution in [0.5, 0.6) is 5.75 Å². The van der Waals surface area contributed by atoms with Gasteiger partial charge in [0.1, 0.15) is 11.4 Å². The van der Waals surface area contributed by atoms with Crippen LogP contribution in [0.15, 0.2) is 48.7 Å². The fourth-order valence-electron chi connectivity index (χ4n) is 1.58. The highest BCUT2D eigenvalue weighted by Gasteiger charge is 2.02. The maximum Gasteiger partial charge on any atom is 0.298 e. The van der Waals surface area contributed by atoms with E-state index in [0.717, 1.165) is 11.1 Å². The molecular formula is C16H13NO3. The summed E-state index contributed by atoms with van der Waals surface area (Å²) in [5.74, 6) is 0.307. The molecule has 1 heterocycles. The van der Waals surface area contributed by atoms with Gasteiger partial charge in [0.15, 0.2) is 0 Å². The second-order valence-corrected chi connectivity index (χ2v) is 4.20. The van der Waals surface area contributed by atoms with Crippen molar-refractivity contribution < 1.29 is 14.3 Å². The maximum absolute atomic E-state index is 11.9. The summed E-state index contributed by atoms with van der Waals surface area (Å²) in [4.78, 5) is 26.1. The molecule has 1 aromatic carbocycles. The first kappa shape index (κ1) is 13.7. The minimum absolute atomic E-state index is 0.154. The van der Waals surface area contributed by atoms with Gasteiger partial charge in [-0.3, -0.25) is 14.6 Å². The molecule has 0 saturated carbocycles. The van der Waals surface area contributed by atoms with Crippen molar-refractivity contribution in [2.45, 2.75) is 6.92 Å². The van der Waals surface area contributed by atoms with Crippen molar-refractivity contribution >= 4 is 18.3 Å². The molecule has 0 N–H and O–H groups in total. The Bertz CT molecular complexity index is 628. The molecule has 100 valence electrons. The summed E-state index contributed by atoms with van der Waals surface area (Å²) < 4.78 is 4.69. The summed E-state index contributed by atoms with van der Waals surface area (Å²) in [6.45, 7) is 2.29. The predicted molar refractivity (Wildman–Crippen MR) is 75.5 cm³/mol. The van der Waals surface area contributed by atoms with Crippen LogP contribution < -0.4 is 4.74 Å². The van der Waals surface area contributed by atoms with E-state index in [2.05, 4.69) is 9.72 Å². The van der Waals surface area contributed by atoms with E-state index in [9.17, 15) is 9.59 Å². The predicted octanol–water partition coefficient (Wildman–Crippen LogP) is 2.82. The largest absolute Gasteiger partial charge is 0.429 e. The molecule has 1 aromatic heterocycles. The zero-order chi connectivity index (χ0) is 14.4. The van der Waals surface area contributed by atoms with Crippen molar-refractivity contribution in [2.24, 2.45) is 0 Å². The smallest absolute Gasteiger partial charge is 0.298 e. The van der Waals surface area contributed by atoms with Gasteiger partial charge in [0.2, 0.25) is 5.78 Å². The first-order chi connectivity index (χ1) is 9.69. The van der Waals surface area contributed by atoms with E-state index in [4.69, 9.17) is 0 Å². The summed E-state index contributed by atoms with van der Waals surface area (Å²) in [6, 6.07) is 10.4. The summed E-state index contributed by atoms with van der Waals surface area (Å²) >= 11 is 0. The second kappa shape index (κ2) is 6.43. The van der Waals surface area contributed by atoms with Crippen molar-refractivity contribution in [1.82, 2.24) is 4.98 Å². The highest BCUT2D eigenvalue weighted by Crippen LogP contribution is 2.12.